The molecule has 0 saturated heterocycles. The van der Waals surface area contributed by atoms with Crippen molar-refractivity contribution in [1.29, 1.82) is 0 Å². The lowest BCUT2D eigenvalue weighted by atomic mass is 10.3. The second-order valence-electron chi connectivity index (χ2n) is 4.31. The number of carboxylic acid groups (broad SMARTS) is 1. The molecule has 0 unspecified atom stereocenters. The van der Waals surface area contributed by atoms with Crippen LogP contribution in [0.5, 0.6) is 5.75 Å². The Bertz CT molecular complexity index is 497. The maximum atomic E-state index is 11.4. The van der Waals surface area contributed by atoms with E-state index in [-0.39, 0.29) is 25.3 Å². The van der Waals surface area contributed by atoms with Crippen LogP contribution in [0.1, 0.15) is 12.1 Å². The second kappa shape index (κ2) is 6.91. The number of rotatable bonds is 7. The highest BCUT2D eigenvalue weighted by molar-refractivity contribution is 5.66. The molecule has 0 bridgehead atoms. The van der Waals surface area contributed by atoms with Crippen LogP contribution < -0.4 is 5.43 Å². The van der Waals surface area contributed by atoms with Crippen LogP contribution in [0.2, 0.25) is 0 Å². The van der Waals surface area contributed by atoms with Crippen molar-refractivity contribution in [1.82, 2.24) is 9.47 Å². The van der Waals surface area contributed by atoms with Gasteiger partial charge in [0, 0.05) is 31.4 Å². The van der Waals surface area contributed by atoms with Crippen molar-refractivity contribution in [3.05, 3.63) is 28.2 Å². The Kier molecular flexibility index (Phi) is 5.53. The Morgan fingerprint density at radius 3 is 2.74 bits per heavy atom. The van der Waals surface area contributed by atoms with Gasteiger partial charge in [-0.2, -0.15) is 0 Å². The number of carbonyl (C=O) groups is 1. The van der Waals surface area contributed by atoms with Crippen molar-refractivity contribution in [2.75, 3.05) is 20.2 Å². The van der Waals surface area contributed by atoms with Crippen LogP contribution >= 0.6 is 0 Å². The summed E-state index contributed by atoms with van der Waals surface area (Å²) in [6.07, 6.45) is 1.29. The van der Waals surface area contributed by atoms with E-state index < -0.39 is 11.4 Å². The smallest absolute Gasteiger partial charge is 0.304 e. The number of pyridine rings is 1. The minimum Gasteiger partial charge on any atom is -0.503 e. The first-order valence-electron chi connectivity index (χ1n) is 5.87. The van der Waals surface area contributed by atoms with Crippen LogP contribution in [0.4, 0.5) is 0 Å². The summed E-state index contributed by atoms with van der Waals surface area (Å²) in [6.45, 7) is 0.858. The number of hydrogen-bond donors (Lipinski definition) is 3. The summed E-state index contributed by atoms with van der Waals surface area (Å²) in [5, 5.41) is 26.9. The van der Waals surface area contributed by atoms with E-state index in [0.717, 1.165) is 0 Å². The molecule has 19 heavy (non-hydrogen) atoms. The molecular weight excluding hydrogens is 252 g/mol. The molecule has 0 aliphatic rings. The topological polar surface area (TPSA) is 103 Å². The van der Waals surface area contributed by atoms with Crippen LogP contribution in [0.15, 0.2) is 17.1 Å². The van der Waals surface area contributed by atoms with E-state index in [1.165, 1.54) is 12.3 Å². The van der Waals surface area contributed by atoms with Gasteiger partial charge in [0.25, 0.3) is 0 Å². The molecule has 1 heterocycles. The van der Waals surface area contributed by atoms with Crippen molar-refractivity contribution < 1.29 is 20.1 Å². The van der Waals surface area contributed by atoms with Gasteiger partial charge in [0.2, 0.25) is 5.43 Å². The number of aliphatic carboxylic acids is 1. The third kappa shape index (κ3) is 4.72. The van der Waals surface area contributed by atoms with Crippen LogP contribution in [0.3, 0.4) is 0 Å². The van der Waals surface area contributed by atoms with Gasteiger partial charge in [-0.25, -0.2) is 0 Å². The van der Waals surface area contributed by atoms with E-state index in [9.17, 15) is 14.7 Å². The normalized spacial score (nSPS) is 10.9. The molecule has 0 aliphatic carbocycles. The maximum absolute atomic E-state index is 11.4. The predicted molar refractivity (Wildman–Crippen MR) is 68.0 cm³/mol. The third-order valence-electron chi connectivity index (χ3n) is 2.68. The quantitative estimate of drug-likeness (QED) is 0.614. The molecule has 0 spiro atoms. The fourth-order valence-corrected chi connectivity index (χ4v) is 1.70. The molecular formula is C12H18N2O5. The first kappa shape index (κ1) is 15.2. The number of nitrogens with zero attached hydrogens (tertiary/aromatic N) is 2. The van der Waals surface area contributed by atoms with Gasteiger partial charge in [0.05, 0.1) is 19.2 Å². The van der Waals surface area contributed by atoms with Gasteiger partial charge in [-0.3, -0.25) is 9.59 Å². The Morgan fingerprint density at radius 2 is 2.16 bits per heavy atom. The van der Waals surface area contributed by atoms with Crippen LogP contribution in [-0.4, -0.2) is 51.0 Å². The summed E-state index contributed by atoms with van der Waals surface area (Å²) in [7, 11) is 1.74. The van der Waals surface area contributed by atoms with Crippen LogP contribution in [-0.2, 0) is 17.9 Å². The minimum absolute atomic E-state index is 0.0127. The highest BCUT2D eigenvalue weighted by Gasteiger charge is 2.09. The monoisotopic (exact) mass is 270 g/mol. The molecule has 0 radical (unpaired) electrons. The summed E-state index contributed by atoms with van der Waals surface area (Å²) in [5.74, 6) is -1.25. The SMILES string of the molecule is CN(CCC(=O)O)Cc1cc(=O)c(O)cn1CCO. The number of aromatic hydroxyl groups is 1. The van der Waals surface area contributed by atoms with Crippen molar-refractivity contribution in [3.63, 3.8) is 0 Å². The second-order valence-corrected chi connectivity index (χ2v) is 4.31. The van der Waals surface area contributed by atoms with Gasteiger partial charge in [-0.05, 0) is 7.05 Å². The van der Waals surface area contributed by atoms with Crippen LogP contribution in [0, 0.1) is 0 Å². The van der Waals surface area contributed by atoms with Gasteiger partial charge >= 0.3 is 5.97 Å². The minimum atomic E-state index is -0.884. The average Bonchev–Trinajstić information content (AvgIpc) is 2.33. The first-order valence-corrected chi connectivity index (χ1v) is 5.87. The highest BCUT2D eigenvalue weighted by Crippen LogP contribution is 2.07. The van der Waals surface area contributed by atoms with Gasteiger partial charge < -0.3 is 24.8 Å². The molecule has 0 amide bonds. The van der Waals surface area contributed by atoms with E-state index in [1.807, 2.05) is 0 Å². The standard InChI is InChI=1S/C12H18N2O5/c1-13(3-2-12(18)19)7-9-6-10(16)11(17)8-14(9)4-5-15/h6,8,15,17H,2-5,7H2,1H3,(H,18,19). The summed E-state index contributed by atoms with van der Waals surface area (Å²) in [5.41, 5.74) is 0.126. The fourth-order valence-electron chi connectivity index (χ4n) is 1.70. The van der Waals surface area contributed by atoms with Crippen LogP contribution in [0.25, 0.3) is 0 Å². The van der Waals surface area contributed by atoms with Gasteiger partial charge in [0.15, 0.2) is 5.75 Å². The molecule has 1 aromatic heterocycles. The summed E-state index contributed by atoms with van der Waals surface area (Å²) < 4.78 is 1.58. The van der Waals surface area contributed by atoms with Gasteiger partial charge in [-0.1, -0.05) is 0 Å². The molecule has 3 N–H and O–H groups in total. The van der Waals surface area contributed by atoms with Crippen molar-refractivity contribution in [2.45, 2.75) is 19.5 Å². The molecule has 7 nitrogen and oxygen atoms in total. The van der Waals surface area contributed by atoms with E-state index in [4.69, 9.17) is 10.2 Å². The molecule has 0 aromatic carbocycles. The molecule has 7 heteroatoms. The van der Waals surface area contributed by atoms with E-state index in [2.05, 4.69) is 0 Å². The zero-order chi connectivity index (χ0) is 14.4. The van der Waals surface area contributed by atoms with Crippen molar-refractivity contribution >= 4 is 5.97 Å². The number of aliphatic hydroxyl groups is 1. The van der Waals surface area contributed by atoms with Crippen molar-refractivity contribution in [2.24, 2.45) is 0 Å². The summed E-state index contributed by atoms with van der Waals surface area (Å²) in [6, 6.07) is 1.29. The molecule has 0 aliphatic heterocycles. The Balaban J connectivity index is 2.83. The maximum Gasteiger partial charge on any atom is 0.304 e. The first-order chi connectivity index (χ1) is 8.93. The molecule has 1 rings (SSSR count). The third-order valence-corrected chi connectivity index (χ3v) is 2.68. The zero-order valence-corrected chi connectivity index (χ0v) is 10.7. The molecule has 0 saturated carbocycles. The summed E-state index contributed by atoms with van der Waals surface area (Å²) in [4.78, 5) is 23.6. The summed E-state index contributed by atoms with van der Waals surface area (Å²) >= 11 is 0. The molecule has 1 aromatic rings. The lowest BCUT2D eigenvalue weighted by molar-refractivity contribution is -0.137. The van der Waals surface area contributed by atoms with E-state index in [1.54, 1.807) is 16.5 Å². The fraction of sp³-hybridized carbons (Fsp3) is 0.500. The number of aliphatic hydroxyl groups excluding tert-OH is 1. The highest BCUT2D eigenvalue weighted by atomic mass is 16.4. The lowest BCUT2D eigenvalue weighted by Gasteiger charge is -2.19. The van der Waals surface area contributed by atoms with Gasteiger partial charge in [-0.15, -0.1) is 0 Å². The molecule has 0 fully saturated rings. The molecule has 0 atom stereocenters. The number of carboxylic acids is 1. The largest absolute Gasteiger partial charge is 0.503 e. The van der Waals surface area contributed by atoms with E-state index >= 15 is 0 Å². The number of hydrogen-bond acceptors (Lipinski definition) is 5. The van der Waals surface area contributed by atoms with E-state index in [0.29, 0.717) is 18.8 Å². The predicted octanol–water partition coefficient (Wildman–Crippen LogP) is -0.547. The lowest BCUT2D eigenvalue weighted by Crippen LogP contribution is -2.25. The zero-order valence-electron chi connectivity index (χ0n) is 10.7. The average molecular weight is 270 g/mol. The molecule has 106 valence electrons. The van der Waals surface area contributed by atoms with Crippen molar-refractivity contribution in [3.8, 4) is 5.75 Å². The Labute approximate surface area is 110 Å². The van der Waals surface area contributed by atoms with Gasteiger partial charge in [0.1, 0.15) is 0 Å². The number of aromatic nitrogens is 1. The Hall–Kier alpha value is -1.86. The Morgan fingerprint density at radius 1 is 1.47 bits per heavy atom.